The minimum atomic E-state index is -0.134. The smallest absolute Gasteiger partial charge is 0.305 e. The van der Waals surface area contributed by atoms with Crippen molar-refractivity contribution in [2.45, 2.75) is 46.2 Å². The van der Waals surface area contributed by atoms with E-state index in [9.17, 15) is 4.79 Å². The van der Waals surface area contributed by atoms with E-state index in [1.165, 1.54) is 11.1 Å². The van der Waals surface area contributed by atoms with Crippen molar-refractivity contribution in [3.05, 3.63) is 35.4 Å². The lowest BCUT2D eigenvalue weighted by Crippen LogP contribution is -2.33. The summed E-state index contributed by atoms with van der Waals surface area (Å²) in [6.07, 6.45) is 1.39. The molecule has 0 aromatic heterocycles. The quantitative estimate of drug-likeness (QED) is 0.755. The van der Waals surface area contributed by atoms with Gasteiger partial charge in [0.25, 0.3) is 0 Å². The minimum absolute atomic E-state index is 0.134. The minimum Gasteiger partial charge on any atom is -0.464 e. The van der Waals surface area contributed by atoms with Gasteiger partial charge in [0.2, 0.25) is 0 Å². The molecule has 1 unspecified atom stereocenters. The SMILES string of the molecule is CCC(=O)OCC(CC)NCc1ccc(C)cc1. The summed E-state index contributed by atoms with van der Waals surface area (Å²) in [5.74, 6) is -0.134. The van der Waals surface area contributed by atoms with Crippen LogP contribution in [0.15, 0.2) is 24.3 Å². The summed E-state index contributed by atoms with van der Waals surface area (Å²) in [7, 11) is 0. The molecule has 0 aliphatic rings. The number of hydrogen-bond donors (Lipinski definition) is 1. The van der Waals surface area contributed by atoms with E-state index in [1.54, 1.807) is 0 Å². The van der Waals surface area contributed by atoms with E-state index in [4.69, 9.17) is 4.74 Å². The Hall–Kier alpha value is -1.35. The molecule has 100 valence electrons. The maximum Gasteiger partial charge on any atom is 0.305 e. The summed E-state index contributed by atoms with van der Waals surface area (Å²) in [4.78, 5) is 11.1. The Morgan fingerprint density at radius 2 is 1.94 bits per heavy atom. The number of nitrogens with one attached hydrogen (secondary N) is 1. The highest BCUT2D eigenvalue weighted by atomic mass is 16.5. The van der Waals surface area contributed by atoms with Gasteiger partial charge in [-0.2, -0.15) is 0 Å². The van der Waals surface area contributed by atoms with Crippen molar-refractivity contribution >= 4 is 5.97 Å². The fourth-order valence-electron chi connectivity index (χ4n) is 1.58. The van der Waals surface area contributed by atoms with E-state index in [1.807, 2.05) is 6.92 Å². The summed E-state index contributed by atoms with van der Waals surface area (Å²) < 4.78 is 5.15. The molecule has 0 aliphatic carbocycles. The molecule has 0 saturated carbocycles. The van der Waals surface area contributed by atoms with Crippen LogP contribution in [0.4, 0.5) is 0 Å². The van der Waals surface area contributed by atoms with Crippen LogP contribution in [0.2, 0.25) is 0 Å². The zero-order valence-electron chi connectivity index (χ0n) is 11.5. The van der Waals surface area contributed by atoms with Crippen LogP contribution in [0, 0.1) is 6.92 Å². The van der Waals surface area contributed by atoms with Gasteiger partial charge in [0, 0.05) is 19.0 Å². The number of benzene rings is 1. The summed E-state index contributed by atoms with van der Waals surface area (Å²) in [6, 6.07) is 8.67. The molecule has 0 radical (unpaired) electrons. The first-order valence-corrected chi connectivity index (χ1v) is 6.60. The van der Waals surface area contributed by atoms with Crippen LogP contribution in [0.1, 0.15) is 37.8 Å². The van der Waals surface area contributed by atoms with E-state index in [-0.39, 0.29) is 12.0 Å². The van der Waals surface area contributed by atoms with E-state index in [2.05, 4.69) is 43.4 Å². The molecule has 0 spiro atoms. The molecule has 1 N–H and O–H groups in total. The first-order chi connectivity index (χ1) is 8.65. The van der Waals surface area contributed by atoms with Crippen molar-refractivity contribution in [2.24, 2.45) is 0 Å². The van der Waals surface area contributed by atoms with Crippen molar-refractivity contribution in [3.8, 4) is 0 Å². The predicted octanol–water partition coefficient (Wildman–Crippen LogP) is 2.82. The summed E-state index contributed by atoms with van der Waals surface area (Å²) in [6.45, 7) is 7.24. The number of carbonyl (C=O) groups excluding carboxylic acids is 1. The van der Waals surface area contributed by atoms with Crippen LogP contribution in [-0.4, -0.2) is 18.6 Å². The van der Waals surface area contributed by atoms with Crippen molar-refractivity contribution in [3.63, 3.8) is 0 Å². The number of hydrogen-bond acceptors (Lipinski definition) is 3. The maximum atomic E-state index is 11.1. The molecule has 0 aliphatic heterocycles. The Labute approximate surface area is 110 Å². The third-order valence-electron chi connectivity index (χ3n) is 2.94. The normalized spacial score (nSPS) is 12.2. The second kappa shape index (κ2) is 7.88. The molecular weight excluding hydrogens is 226 g/mol. The first kappa shape index (κ1) is 14.7. The molecule has 0 saturated heterocycles. The third-order valence-corrected chi connectivity index (χ3v) is 2.94. The van der Waals surface area contributed by atoms with Crippen LogP contribution in [0.5, 0.6) is 0 Å². The Bertz CT molecular complexity index is 359. The molecule has 1 aromatic carbocycles. The number of rotatable bonds is 7. The first-order valence-electron chi connectivity index (χ1n) is 6.60. The average molecular weight is 249 g/mol. The van der Waals surface area contributed by atoms with Gasteiger partial charge >= 0.3 is 5.97 Å². The maximum absolute atomic E-state index is 11.1. The molecule has 18 heavy (non-hydrogen) atoms. The van der Waals surface area contributed by atoms with Crippen molar-refractivity contribution in [1.82, 2.24) is 5.32 Å². The highest BCUT2D eigenvalue weighted by Gasteiger charge is 2.08. The molecule has 1 rings (SSSR count). The number of aryl methyl sites for hydroxylation is 1. The van der Waals surface area contributed by atoms with E-state index in [0.29, 0.717) is 13.0 Å². The molecular formula is C15H23NO2. The Kier molecular flexibility index (Phi) is 6.44. The van der Waals surface area contributed by atoms with Gasteiger partial charge in [-0.25, -0.2) is 0 Å². The lowest BCUT2D eigenvalue weighted by atomic mass is 10.1. The number of esters is 1. The zero-order chi connectivity index (χ0) is 13.4. The zero-order valence-corrected chi connectivity index (χ0v) is 11.5. The second-order valence-electron chi connectivity index (χ2n) is 4.51. The topological polar surface area (TPSA) is 38.3 Å². The Morgan fingerprint density at radius 1 is 1.28 bits per heavy atom. The second-order valence-corrected chi connectivity index (χ2v) is 4.51. The van der Waals surface area contributed by atoms with Crippen molar-refractivity contribution in [2.75, 3.05) is 6.61 Å². The van der Waals surface area contributed by atoms with Gasteiger partial charge in [-0.3, -0.25) is 4.79 Å². The molecule has 0 amide bonds. The van der Waals surface area contributed by atoms with Crippen LogP contribution in [0.3, 0.4) is 0 Å². The van der Waals surface area contributed by atoms with Crippen LogP contribution >= 0.6 is 0 Å². The summed E-state index contributed by atoms with van der Waals surface area (Å²) in [5, 5.41) is 3.41. The van der Waals surface area contributed by atoms with E-state index in [0.717, 1.165) is 13.0 Å². The van der Waals surface area contributed by atoms with Gasteiger partial charge in [-0.1, -0.05) is 43.7 Å². The fourth-order valence-corrected chi connectivity index (χ4v) is 1.58. The van der Waals surface area contributed by atoms with Gasteiger partial charge in [0.1, 0.15) is 6.61 Å². The van der Waals surface area contributed by atoms with Gasteiger partial charge in [-0.05, 0) is 18.9 Å². The molecule has 0 fully saturated rings. The molecule has 1 atom stereocenters. The summed E-state index contributed by atoms with van der Waals surface area (Å²) in [5.41, 5.74) is 2.52. The molecule has 3 heteroatoms. The number of ether oxygens (including phenoxy) is 1. The Balaban J connectivity index is 2.34. The monoisotopic (exact) mass is 249 g/mol. The van der Waals surface area contributed by atoms with E-state index < -0.39 is 0 Å². The number of carbonyl (C=O) groups is 1. The highest BCUT2D eigenvalue weighted by Crippen LogP contribution is 2.04. The molecule has 0 bridgehead atoms. The molecule has 3 nitrogen and oxygen atoms in total. The average Bonchev–Trinajstić information content (AvgIpc) is 2.40. The van der Waals surface area contributed by atoms with Gasteiger partial charge < -0.3 is 10.1 Å². The Morgan fingerprint density at radius 3 is 2.50 bits per heavy atom. The van der Waals surface area contributed by atoms with Crippen molar-refractivity contribution in [1.29, 1.82) is 0 Å². The largest absolute Gasteiger partial charge is 0.464 e. The lowest BCUT2D eigenvalue weighted by Gasteiger charge is -2.17. The van der Waals surface area contributed by atoms with Gasteiger partial charge in [0.05, 0.1) is 0 Å². The lowest BCUT2D eigenvalue weighted by molar-refractivity contribution is -0.144. The van der Waals surface area contributed by atoms with Crippen LogP contribution < -0.4 is 5.32 Å². The van der Waals surface area contributed by atoms with Crippen molar-refractivity contribution < 1.29 is 9.53 Å². The standard InChI is InChI=1S/C15H23NO2/c1-4-14(11-18-15(17)5-2)16-10-13-8-6-12(3)7-9-13/h6-9,14,16H,4-5,10-11H2,1-3H3. The van der Waals surface area contributed by atoms with E-state index >= 15 is 0 Å². The van der Waals surface area contributed by atoms with Crippen LogP contribution in [-0.2, 0) is 16.1 Å². The third kappa shape index (κ3) is 5.32. The highest BCUT2D eigenvalue weighted by molar-refractivity contribution is 5.68. The summed E-state index contributed by atoms with van der Waals surface area (Å²) >= 11 is 0. The van der Waals surface area contributed by atoms with Crippen LogP contribution in [0.25, 0.3) is 0 Å². The van der Waals surface area contributed by atoms with Gasteiger partial charge in [0.15, 0.2) is 0 Å². The fraction of sp³-hybridized carbons (Fsp3) is 0.533. The molecule has 0 heterocycles. The van der Waals surface area contributed by atoms with Gasteiger partial charge in [-0.15, -0.1) is 0 Å². The molecule has 1 aromatic rings. The predicted molar refractivity (Wildman–Crippen MR) is 73.3 cm³/mol.